The Balaban J connectivity index is 2.25. The molecule has 2 saturated carbocycles. The minimum Gasteiger partial charge on any atom is -0.393 e. The Kier molecular flexibility index (Phi) is 12.3. The van der Waals surface area contributed by atoms with E-state index in [0.717, 1.165) is 60.2 Å². The summed E-state index contributed by atoms with van der Waals surface area (Å²) in [7, 11) is 0. The standard InChI is InChI=1S/C32H62O/c1-9-12-27(13-10-2)28-15-14-26(11-3)31(20-28)25(8)22-32(24(6)7,21-23(4)5)29-16-18-30(33)19-17-29/h23-31,33H,9-22H2,1-8H3/t25-,26?,28+,29?,30?,31?,32-/m1/s1. The smallest absolute Gasteiger partial charge is 0.0540 e. The lowest BCUT2D eigenvalue weighted by atomic mass is 9.54. The summed E-state index contributed by atoms with van der Waals surface area (Å²) in [5.41, 5.74) is 0.450. The van der Waals surface area contributed by atoms with E-state index < -0.39 is 0 Å². The molecule has 0 saturated heterocycles. The maximum absolute atomic E-state index is 10.2. The molecule has 0 aromatic heterocycles. The summed E-state index contributed by atoms with van der Waals surface area (Å²) in [6.45, 7) is 19.9. The third-order valence-electron chi connectivity index (χ3n) is 10.5. The van der Waals surface area contributed by atoms with Gasteiger partial charge in [-0.2, -0.15) is 0 Å². The molecule has 1 N–H and O–H groups in total. The summed E-state index contributed by atoms with van der Waals surface area (Å²) in [5, 5.41) is 10.2. The molecule has 1 nitrogen and oxygen atoms in total. The lowest BCUT2D eigenvalue weighted by molar-refractivity contribution is -0.0292. The van der Waals surface area contributed by atoms with E-state index in [1.807, 2.05) is 0 Å². The average Bonchev–Trinajstić information content (AvgIpc) is 2.78. The SMILES string of the molecule is CCCC(CCC)[C@H]1CCC(CC)C([C@H](C)C[C@](CC(C)C)(C(C)C)C2CCC(O)CC2)C1. The van der Waals surface area contributed by atoms with Crippen molar-refractivity contribution in [2.75, 3.05) is 0 Å². The average molecular weight is 463 g/mol. The van der Waals surface area contributed by atoms with Gasteiger partial charge in [-0.05, 0) is 111 Å². The Morgan fingerprint density at radius 3 is 1.88 bits per heavy atom. The molecule has 0 aliphatic heterocycles. The number of rotatable bonds is 13. The first kappa shape index (κ1) is 29.2. The highest BCUT2D eigenvalue weighted by atomic mass is 16.3. The van der Waals surface area contributed by atoms with Gasteiger partial charge in [0.15, 0.2) is 0 Å². The molecule has 2 aliphatic carbocycles. The van der Waals surface area contributed by atoms with Crippen LogP contribution in [0, 0.1) is 52.8 Å². The van der Waals surface area contributed by atoms with Crippen LogP contribution in [0.2, 0.25) is 0 Å². The van der Waals surface area contributed by atoms with Gasteiger partial charge >= 0.3 is 0 Å². The van der Waals surface area contributed by atoms with Crippen LogP contribution >= 0.6 is 0 Å². The highest BCUT2D eigenvalue weighted by Gasteiger charge is 2.46. The van der Waals surface area contributed by atoms with Crippen LogP contribution in [0.25, 0.3) is 0 Å². The van der Waals surface area contributed by atoms with Gasteiger partial charge in [-0.15, -0.1) is 0 Å². The van der Waals surface area contributed by atoms with Crippen LogP contribution in [-0.2, 0) is 0 Å². The Morgan fingerprint density at radius 1 is 0.788 bits per heavy atom. The highest BCUT2D eigenvalue weighted by molar-refractivity contribution is 4.96. The summed E-state index contributed by atoms with van der Waals surface area (Å²) >= 11 is 0. The van der Waals surface area contributed by atoms with Crippen molar-refractivity contribution in [1.82, 2.24) is 0 Å². The van der Waals surface area contributed by atoms with Crippen molar-refractivity contribution in [3.63, 3.8) is 0 Å². The van der Waals surface area contributed by atoms with Gasteiger partial charge in [0, 0.05) is 0 Å². The molecular weight excluding hydrogens is 400 g/mol. The number of aliphatic hydroxyl groups is 1. The predicted molar refractivity (Wildman–Crippen MR) is 146 cm³/mol. The fourth-order valence-corrected chi connectivity index (χ4v) is 8.81. The van der Waals surface area contributed by atoms with Crippen molar-refractivity contribution in [2.24, 2.45) is 52.8 Å². The highest BCUT2D eigenvalue weighted by Crippen LogP contribution is 2.55. The van der Waals surface area contributed by atoms with E-state index in [2.05, 4.69) is 55.4 Å². The predicted octanol–water partition coefficient (Wildman–Crippen LogP) is 9.91. The number of hydrogen-bond acceptors (Lipinski definition) is 1. The zero-order valence-electron chi connectivity index (χ0n) is 24.0. The second-order valence-electron chi connectivity index (χ2n) is 13.4. The third kappa shape index (κ3) is 7.72. The summed E-state index contributed by atoms with van der Waals surface area (Å²) in [6, 6.07) is 0. The lowest BCUT2D eigenvalue weighted by Gasteiger charge is -2.51. The summed E-state index contributed by atoms with van der Waals surface area (Å²) in [6.07, 6.45) is 18.8. The second kappa shape index (κ2) is 13.9. The fourth-order valence-electron chi connectivity index (χ4n) is 8.81. The number of hydrogen-bond donors (Lipinski definition) is 1. The van der Waals surface area contributed by atoms with Crippen LogP contribution in [0.5, 0.6) is 0 Å². The third-order valence-corrected chi connectivity index (χ3v) is 10.5. The van der Waals surface area contributed by atoms with Gasteiger partial charge < -0.3 is 5.11 Å². The van der Waals surface area contributed by atoms with E-state index in [9.17, 15) is 5.11 Å². The normalized spacial score (nSPS) is 31.8. The minimum absolute atomic E-state index is 0.0415. The quantitative estimate of drug-likeness (QED) is 0.288. The molecule has 5 atom stereocenters. The molecule has 2 fully saturated rings. The van der Waals surface area contributed by atoms with Crippen LogP contribution in [0.15, 0.2) is 0 Å². The van der Waals surface area contributed by atoms with Crippen LogP contribution in [0.1, 0.15) is 145 Å². The molecule has 33 heavy (non-hydrogen) atoms. The van der Waals surface area contributed by atoms with E-state index in [1.54, 1.807) is 0 Å². The Hall–Kier alpha value is -0.0400. The summed E-state index contributed by atoms with van der Waals surface area (Å²) in [5.74, 6) is 6.93. The van der Waals surface area contributed by atoms with Gasteiger partial charge in [0.2, 0.25) is 0 Å². The van der Waals surface area contributed by atoms with E-state index in [-0.39, 0.29) is 6.10 Å². The van der Waals surface area contributed by atoms with E-state index in [4.69, 9.17) is 0 Å². The van der Waals surface area contributed by atoms with Gasteiger partial charge in [-0.1, -0.05) is 87.5 Å². The second-order valence-corrected chi connectivity index (χ2v) is 13.4. The molecule has 0 bridgehead atoms. The first-order chi connectivity index (χ1) is 15.7. The van der Waals surface area contributed by atoms with Gasteiger partial charge in [-0.3, -0.25) is 0 Å². The molecule has 2 unspecified atom stereocenters. The molecule has 1 heteroatoms. The molecule has 196 valence electrons. The van der Waals surface area contributed by atoms with Crippen LogP contribution in [0.3, 0.4) is 0 Å². The van der Waals surface area contributed by atoms with E-state index >= 15 is 0 Å². The maximum atomic E-state index is 10.2. The molecule has 0 spiro atoms. The number of aliphatic hydroxyl groups excluding tert-OH is 1. The Bertz CT molecular complexity index is 511. The molecule has 0 amide bonds. The van der Waals surface area contributed by atoms with Crippen molar-refractivity contribution in [1.29, 1.82) is 0 Å². The van der Waals surface area contributed by atoms with Crippen LogP contribution in [-0.4, -0.2) is 11.2 Å². The monoisotopic (exact) mass is 462 g/mol. The van der Waals surface area contributed by atoms with Crippen molar-refractivity contribution >= 4 is 0 Å². The maximum Gasteiger partial charge on any atom is 0.0540 e. The minimum atomic E-state index is -0.0415. The molecule has 2 rings (SSSR count). The first-order valence-corrected chi connectivity index (χ1v) is 15.4. The van der Waals surface area contributed by atoms with Crippen molar-refractivity contribution < 1.29 is 5.11 Å². The van der Waals surface area contributed by atoms with E-state index in [1.165, 1.54) is 77.0 Å². The zero-order valence-corrected chi connectivity index (χ0v) is 24.0. The van der Waals surface area contributed by atoms with Gasteiger partial charge in [0.05, 0.1) is 6.10 Å². The Morgan fingerprint density at radius 2 is 1.39 bits per heavy atom. The van der Waals surface area contributed by atoms with Crippen molar-refractivity contribution in [3.8, 4) is 0 Å². The van der Waals surface area contributed by atoms with Crippen LogP contribution < -0.4 is 0 Å². The Labute approximate surface area is 209 Å². The summed E-state index contributed by atoms with van der Waals surface area (Å²) in [4.78, 5) is 0. The van der Waals surface area contributed by atoms with Gasteiger partial charge in [-0.25, -0.2) is 0 Å². The van der Waals surface area contributed by atoms with Crippen LogP contribution in [0.4, 0.5) is 0 Å². The van der Waals surface area contributed by atoms with Gasteiger partial charge in [0.25, 0.3) is 0 Å². The molecule has 0 aromatic carbocycles. The fraction of sp³-hybridized carbons (Fsp3) is 1.00. The van der Waals surface area contributed by atoms with Crippen molar-refractivity contribution in [3.05, 3.63) is 0 Å². The zero-order chi connectivity index (χ0) is 24.6. The molecule has 0 heterocycles. The van der Waals surface area contributed by atoms with Crippen molar-refractivity contribution in [2.45, 2.75) is 151 Å². The van der Waals surface area contributed by atoms with Gasteiger partial charge in [0.1, 0.15) is 0 Å². The summed E-state index contributed by atoms with van der Waals surface area (Å²) < 4.78 is 0. The van der Waals surface area contributed by atoms with E-state index in [0.29, 0.717) is 5.41 Å². The largest absolute Gasteiger partial charge is 0.393 e. The molecular formula is C32H62O. The molecule has 0 aromatic rings. The molecule has 0 radical (unpaired) electrons. The lowest BCUT2D eigenvalue weighted by Crippen LogP contribution is -2.43. The first-order valence-electron chi connectivity index (χ1n) is 15.4. The topological polar surface area (TPSA) is 20.2 Å². The molecule has 2 aliphatic rings.